The number of halogens is 3. The second-order valence-corrected chi connectivity index (χ2v) is 12.0. The van der Waals surface area contributed by atoms with Crippen molar-refractivity contribution in [1.29, 1.82) is 0 Å². The van der Waals surface area contributed by atoms with Gasteiger partial charge in [0.15, 0.2) is 11.5 Å². The molecule has 0 aromatic heterocycles. The zero-order valence-electron chi connectivity index (χ0n) is 19.7. The van der Waals surface area contributed by atoms with Gasteiger partial charge in [-0.05, 0) is 87.8 Å². The molecule has 35 heavy (non-hydrogen) atoms. The van der Waals surface area contributed by atoms with E-state index < -0.39 is 46.2 Å². The van der Waals surface area contributed by atoms with Crippen molar-refractivity contribution in [2.75, 3.05) is 12.4 Å². The van der Waals surface area contributed by atoms with E-state index in [1.54, 1.807) is 0 Å². The Morgan fingerprint density at radius 2 is 1.63 bits per heavy atom. The lowest BCUT2D eigenvalue weighted by Crippen LogP contribution is -2.59. The summed E-state index contributed by atoms with van der Waals surface area (Å²) >= 11 is 0. The fourth-order valence-electron chi connectivity index (χ4n) is 6.80. The van der Waals surface area contributed by atoms with Crippen LogP contribution < -0.4 is 9.47 Å². The second-order valence-electron chi connectivity index (χ2n) is 10.5. The van der Waals surface area contributed by atoms with E-state index in [4.69, 9.17) is 9.47 Å². The minimum Gasteiger partial charge on any atom is -0.748 e. The first-order valence-electron chi connectivity index (χ1n) is 11.9. The van der Waals surface area contributed by atoms with Crippen molar-refractivity contribution in [2.45, 2.75) is 70.8 Å². The second kappa shape index (κ2) is 9.14. The Labute approximate surface area is 203 Å². The summed E-state index contributed by atoms with van der Waals surface area (Å²) in [6.45, 7) is 3.22. The number of hydrogen-bond acceptors (Lipinski definition) is 7. The van der Waals surface area contributed by atoms with Crippen molar-refractivity contribution in [2.24, 2.45) is 23.2 Å². The molecule has 1 unspecified atom stereocenters. The zero-order chi connectivity index (χ0) is 25.6. The smallest absolute Gasteiger partial charge is 0.573 e. The van der Waals surface area contributed by atoms with Crippen LogP contribution in [-0.2, 0) is 14.9 Å². The quantitative estimate of drug-likeness (QED) is 0.332. The van der Waals surface area contributed by atoms with Crippen LogP contribution in [0.4, 0.5) is 13.2 Å². The number of carbonyl (C=O) groups excluding carboxylic acids is 1. The third-order valence-electron chi connectivity index (χ3n) is 8.14. The number of alkyl halides is 3. The van der Waals surface area contributed by atoms with Gasteiger partial charge in [-0.3, -0.25) is 0 Å². The first kappa shape index (κ1) is 26.1. The van der Waals surface area contributed by atoms with E-state index in [0.717, 1.165) is 37.5 Å². The zero-order valence-corrected chi connectivity index (χ0v) is 20.5. The molecule has 11 heteroatoms. The fourth-order valence-corrected chi connectivity index (χ4v) is 7.09. The van der Waals surface area contributed by atoms with Crippen LogP contribution in [0.5, 0.6) is 11.5 Å². The van der Waals surface area contributed by atoms with Crippen LogP contribution in [0.3, 0.4) is 0 Å². The van der Waals surface area contributed by atoms with Crippen molar-refractivity contribution in [1.82, 2.24) is 0 Å². The normalized spacial score (nSPS) is 29.5. The molecule has 0 amide bonds. The Morgan fingerprint density at radius 1 is 1.06 bits per heavy atom. The summed E-state index contributed by atoms with van der Waals surface area (Å²) in [6, 6.07) is 3.19. The number of carbonyl (C=O) groups is 1. The molecule has 4 aliphatic rings. The molecule has 1 aromatic rings. The van der Waals surface area contributed by atoms with E-state index >= 15 is 0 Å². The molecular weight excluding hydrogens is 489 g/mol. The number of ether oxygens (including phenoxy) is 3. The summed E-state index contributed by atoms with van der Waals surface area (Å²) < 4.78 is 87.0. The van der Waals surface area contributed by atoms with Crippen LogP contribution >= 0.6 is 0 Å². The van der Waals surface area contributed by atoms with E-state index in [9.17, 15) is 30.9 Å². The van der Waals surface area contributed by atoms with E-state index in [1.807, 2.05) is 13.8 Å². The highest BCUT2D eigenvalue weighted by Gasteiger charge is 2.59. The monoisotopic (exact) mass is 519 g/mol. The van der Waals surface area contributed by atoms with Gasteiger partial charge >= 0.3 is 12.3 Å². The first-order valence-corrected chi connectivity index (χ1v) is 13.5. The van der Waals surface area contributed by atoms with Gasteiger partial charge in [0.25, 0.3) is 0 Å². The minimum absolute atomic E-state index is 0.137. The molecule has 0 saturated heterocycles. The van der Waals surface area contributed by atoms with E-state index in [-0.39, 0.29) is 16.7 Å². The fraction of sp³-hybridized carbons (Fsp3) is 0.708. The van der Waals surface area contributed by atoms with E-state index in [0.29, 0.717) is 24.2 Å². The van der Waals surface area contributed by atoms with Gasteiger partial charge in [-0.2, -0.15) is 0 Å². The van der Waals surface area contributed by atoms with Crippen LogP contribution in [0.1, 0.15) is 69.2 Å². The standard InChI is InChI=1S/C24H31F3O7S/c1-3-22(2,23-12-15-8-16(13-23)10-17(9-15)14-23)33-20-11-18(4-5-19(20)34-24(25,26)27)21(28)32-6-7-35(29,30)31/h4-5,11,15-17H,3,6-10,12-14H2,1-2H3,(H,29,30,31)/p-1. The number of benzene rings is 1. The summed E-state index contributed by atoms with van der Waals surface area (Å²) in [7, 11) is -4.58. The molecule has 196 valence electrons. The topological polar surface area (TPSA) is 102 Å². The predicted molar refractivity (Wildman–Crippen MR) is 118 cm³/mol. The van der Waals surface area contributed by atoms with Gasteiger partial charge in [-0.1, -0.05) is 6.92 Å². The minimum atomic E-state index is -4.97. The van der Waals surface area contributed by atoms with Crippen LogP contribution in [0.15, 0.2) is 18.2 Å². The highest BCUT2D eigenvalue weighted by atomic mass is 32.2. The molecule has 1 aromatic carbocycles. The van der Waals surface area contributed by atoms with Gasteiger partial charge in [-0.15, -0.1) is 13.2 Å². The molecular formula is C24H30F3O7S-. The van der Waals surface area contributed by atoms with Crippen LogP contribution in [0, 0.1) is 23.2 Å². The molecule has 1 atom stereocenters. The van der Waals surface area contributed by atoms with Crippen molar-refractivity contribution >= 4 is 16.1 Å². The number of rotatable bonds is 9. The Bertz CT molecular complexity index is 1030. The molecule has 7 nitrogen and oxygen atoms in total. The Balaban J connectivity index is 1.63. The first-order chi connectivity index (χ1) is 16.2. The van der Waals surface area contributed by atoms with Crippen LogP contribution in [0.25, 0.3) is 0 Å². The van der Waals surface area contributed by atoms with Crippen molar-refractivity contribution in [3.63, 3.8) is 0 Å². The number of esters is 1. The summed E-state index contributed by atoms with van der Waals surface area (Å²) in [4.78, 5) is 12.4. The summed E-state index contributed by atoms with van der Waals surface area (Å²) in [5, 5.41) is 0. The Kier molecular flexibility index (Phi) is 6.80. The molecule has 4 aliphatic carbocycles. The van der Waals surface area contributed by atoms with Crippen LogP contribution in [-0.4, -0.2) is 43.3 Å². The highest BCUT2D eigenvalue weighted by Crippen LogP contribution is 2.65. The van der Waals surface area contributed by atoms with Gasteiger partial charge in [0.2, 0.25) is 0 Å². The predicted octanol–water partition coefficient (Wildman–Crippen LogP) is 5.05. The third-order valence-corrected chi connectivity index (χ3v) is 8.81. The van der Waals surface area contributed by atoms with Crippen molar-refractivity contribution < 1.29 is 45.1 Å². The highest BCUT2D eigenvalue weighted by molar-refractivity contribution is 7.85. The molecule has 4 bridgehead atoms. The maximum absolute atomic E-state index is 13.1. The lowest BCUT2D eigenvalue weighted by atomic mass is 9.45. The van der Waals surface area contributed by atoms with Crippen molar-refractivity contribution in [3.05, 3.63) is 23.8 Å². The lowest BCUT2D eigenvalue weighted by Gasteiger charge is -2.62. The van der Waals surface area contributed by atoms with E-state index in [1.165, 1.54) is 19.3 Å². The average Bonchev–Trinajstić information content (AvgIpc) is 2.71. The van der Waals surface area contributed by atoms with Gasteiger partial charge in [0.1, 0.15) is 12.2 Å². The molecule has 0 N–H and O–H groups in total. The molecule has 4 saturated carbocycles. The Morgan fingerprint density at radius 3 is 2.11 bits per heavy atom. The van der Waals surface area contributed by atoms with Crippen LogP contribution in [0.2, 0.25) is 0 Å². The molecule has 5 rings (SSSR count). The van der Waals surface area contributed by atoms with Gasteiger partial charge in [-0.25, -0.2) is 13.2 Å². The molecule has 0 radical (unpaired) electrons. The van der Waals surface area contributed by atoms with Crippen molar-refractivity contribution in [3.8, 4) is 11.5 Å². The summed E-state index contributed by atoms with van der Waals surface area (Å²) in [6.07, 6.45) is 2.07. The summed E-state index contributed by atoms with van der Waals surface area (Å²) in [5.41, 5.74) is -1.10. The average molecular weight is 520 g/mol. The third kappa shape index (κ3) is 5.71. The largest absolute Gasteiger partial charge is 0.748 e. The molecule has 0 heterocycles. The number of hydrogen-bond donors (Lipinski definition) is 0. The Hall–Kier alpha value is -2.01. The van der Waals surface area contributed by atoms with Gasteiger partial charge < -0.3 is 18.8 Å². The lowest BCUT2D eigenvalue weighted by molar-refractivity contribution is -0.275. The maximum atomic E-state index is 13.1. The SMILES string of the molecule is CCC(C)(Oc1cc(C(=O)OCCS(=O)(=O)[O-])ccc1OC(F)(F)F)C12CC3CC(CC(C3)C1)C2. The molecule has 0 spiro atoms. The van der Waals surface area contributed by atoms with Gasteiger partial charge in [0, 0.05) is 5.41 Å². The molecule has 0 aliphatic heterocycles. The maximum Gasteiger partial charge on any atom is 0.573 e. The van der Waals surface area contributed by atoms with Gasteiger partial charge in [0.05, 0.1) is 21.4 Å². The van der Waals surface area contributed by atoms with E-state index in [2.05, 4.69) is 4.74 Å². The molecule has 4 fully saturated rings. The summed E-state index contributed by atoms with van der Waals surface area (Å²) in [5.74, 6) is -0.892.